The standard InChI is InChI=1S/C24H27Cl2NO/c1-4-17-7-5-6-8-21(17)27(3)16(2)9-10-19-13-11-18-12-14-20(15-28)24(26)22(18)23(19)25/h5-10,15,18H,4,11-14H2,1-3H3/b16-9+,19-10+. The molecule has 0 N–H and O–H groups in total. The van der Waals surface area contributed by atoms with Crippen molar-refractivity contribution in [2.45, 2.75) is 46.0 Å². The number of anilines is 1. The van der Waals surface area contributed by atoms with Crippen molar-refractivity contribution in [3.63, 3.8) is 0 Å². The van der Waals surface area contributed by atoms with Gasteiger partial charge in [-0.1, -0.05) is 54.4 Å². The second kappa shape index (κ2) is 9.15. The maximum absolute atomic E-state index is 11.3. The fourth-order valence-electron chi connectivity index (χ4n) is 4.04. The van der Waals surface area contributed by atoms with Crippen LogP contribution in [0.15, 0.2) is 68.9 Å². The zero-order valence-electron chi connectivity index (χ0n) is 16.8. The molecule has 0 saturated heterocycles. The summed E-state index contributed by atoms with van der Waals surface area (Å²) in [4.78, 5) is 13.5. The molecule has 2 aliphatic rings. The summed E-state index contributed by atoms with van der Waals surface area (Å²) in [6, 6.07) is 8.47. The predicted octanol–water partition coefficient (Wildman–Crippen LogP) is 6.90. The van der Waals surface area contributed by atoms with Gasteiger partial charge in [-0.2, -0.15) is 0 Å². The average Bonchev–Trinajstić information content (AvgIpc) is 2.72. The number of carbonyl (C=O) groups is 1. The van der Waals surface area contributed by atoms with E-state index in [-0.39, 0.29) is 0 Å². The highest BCUT2D eigenvalue weighted by Crippen LogP contribution is 2.47. The molecule has 2 aliphatic carbocycles. The number of nitrogens with zero attached hydrogens (tertiary/aromatic N) is 1. The SMILES string of the molecule is CCc1ccccc1N(C)/C(C)=C/C=C1\CCC2CCC(C=O)=C(Cl)C2=C1Cl. The first-order chi connectivity index (χ1) is 13.5. The molecule has 1 aromatic rings. The molecule has 4 heteroatoms. The van der Waals surface area contributed by atoms with E-state index >= 15 is 0 Å². The molecular formula is C24H27Cl2NO. The average molecular weight is 416 g/mol. The molecule has 0 heterocycles. The second-order valence-electron chi connectivity index (χ2n) is 7.50. The monoisotopic (exact) mass is 415 g/mol. The van der Waals surface area contributed by atoms with Gasteiger partial charge in [0.2, 0.25) is 0 Å². The molecule has 1 aromatic carbocycles. The Hall–Kier alpha value is -1.77. The normalized spacial score (nSPS) is 21.8. The molecular weight excluding hydrogens is 389 g/mol. The molecule has 0 amide bonds. The van der Waals surface area contributed by atoms with Gasteiger partial charge < -0.3 is 4.90 Å². The minimum atomic E-state index is 0.366. The minimum Gasteiger partial charge on any atom is -0.348 e. The van der Waals surface area contributed by atoms with Crippen molar-refractivity contribution in [3.05, 3.63) is 74.5 Å². The van der Waals surface area contributed by atoms with Gasteiger partial charge in [0.1, 0.15) is 6.29 Å². The zero-order valence-corrected chi connectivity index (χ0v) is 18.3. The quantitative estimate of drug-likeness (QED) is 0.487. The first-order valence-electron chi connectivity index (χ1n) is 9.91. The Labute approximate surface area is 178 Å². The fourth-order valence-corrected chi connectivity index (χ4v) is 4.88. The van der Waals surface area contributed by atoms with Gasteiger partial charge in [0, 0.05) is 29.0 Å². The lowest BCUT2D eigenvalue weighted by atomic mass is 9.77. The van der Waals surface area contributed by atoms with Gasteiger partial charge in [-0.05, 0) is 73.8 Å². The van der Waals surface area contributed by atoms with Crippen LogP contribution in [0.2, 0.25) is 0 Å². The summed E-state index contributed by atoms with van der Waals surface area (Å²) < 4.78 is 0. The molecule has 0 fully saturated rings. The van der Waals surface area contributed by atoms with Crippen LogP contribution in [0.3, 0.4) is 0 Å². The summed E-state index contributed by atoms with van der Waals surface area (Å²) in [6.07, 6.45) is 9.76. The Bertz CT molecular complexity index is 892. The first-order valence-corrected chi connectivity index (χ1v) is 10.7. The smallest absolute Gasteiger partial charge is 0.147 e. The molecule has 1 atom stereocenters. The van der Waals surface area contributed by atoms with E-state index in [1.165, 1.54) is 11.3 Å². The molecule has 0 aliphatic heterocycles. The van der Waals surface area contributed by atoms with Crippen LogP contribution < -0.4 is 4.90 Å². The van der Waals surface area contributed by atoms with Crippen molar-refractivity contribution in [1.29, 1.82) is 0 Å². The number of hydrogen-bond donors (Lipinski definition) is 0. The summed E-state index contributed by atoms with van der Waals surface area (Å²) in [7, 11) is 2.09. The molecule has 0 radical (unpaired) electrons. The number of aldehydes is 1. The number of benzene rings is 1. The van der Waals surface area contributed by atoms with E-state index in [2.05, 4.69) is 62.2 Å². The van der Waals surface area contributed by atoms with Gasteiger partial charge in [-0.3, -0.25) is 4.79 Å². The van der Waals surface area contributed by atoms with Crippen LogP contribution in [0.5, 0.6) is 0 Å². The third kappa shape index (κ3) is 4.14. The van der Waals surface area contributed by atoms with E-state index in [1.807, 2.05) is 0 Å². The van der Waals surface area contributed by atoms with Crippen LogP contribution >= 0.6 is 23.2 Å². The second-order valence-corrected chi connectivity index (χ2v) is 8.26. The molecule has 2 nitrogen and oxygen atoms in total. The summed E-state index contributed by atoms with van der Waals surface area (Å²) in [5.74, 6) is 0.366. The highest BCUT2D eigenvalue weighted by molar-refractivity contribution is 6.38. The lowest BCUT2D eigenvalue weighted by Gasteiger charge is -2.32. The van der Waals surface area contributed by atoms with Crippen molar-refractivity contribution < 1.29 is 4.79 Å². The Morgan fingerprint density at radius 1 is 1.18 bits per heavy atom. The zero-order chi connectivity index (χ0) is 20.3. The van der Waals surface area contributed by atoms with Crippen LogP contribution in [-0.2, 0) is 11.2 Å². The Morgan fingerprint density at radius 2 is 1.89 bits per heavy atom. The van der Waals surface area contributed by atoms with Crippen molar-refractivity contribution in [2.75, 3.05) is 11.9 Å². The minimum absolute atomic E-state index is 0.366. The number of allylic oxidation sites excluding steroid dienone is 8. The third-order valence-corrected chi connectivity index (χ3v) is 6.79. The molecule has 0 saturated carbocycles. The molecule has 1 unspecified atom stereocenters. The van der Waals surface area contributed by atoms with Crippen LogP contribution in [0.25, 0.3) is 0 Å². The van der Waals surface area contributed by atoms with Gasteiger partial charge in [-0.25, -0.2) is 0 Å². The van der Waals surface area contributed by atoms with Crippen molar-refractivity contribution in [1.82, 2.24) is 0 Å². The van der Waals surface area contributed by atoms with E-state index < -0.39 is 0 Å². The van der Waals surface area contributed by atoms with Crippen LogP contribution in [0.4, 0.5) is 5.69 Å². The number of rotatable bonds is 5. The summed E-state index contributed by atoms with van der Waals surface area (Å²) in [5.41, 5.74) is 6.42. The maximum Gasteiger partial charge on any atom is 0.147 e. The molecule has 0 aromatic heterocycles. The van der Waals surface area contributed by atoms with Gasteiger partial charge in [0.15, 0.2) is 0 Å². The highest BCUT2D eigenvalue weighted by Gasteiger charge is 2.31. The van der Waals surface area contributed by atoms with Crippen molar-refractivity contribution in [3.8, 4) is 0 Å². The lowest BCUT2D eigenvalue weighted by molar-refractivity contribution is -0.105. The van der Waals surface area contributed by atoms with Crippen molar-refractivity contribution in [2.24, 2.45) is 5.92 Å². The fraction of sp³-hybridized carbons (Fsp3) is 0.375. The van der Waals surface area contributed by atoms with E-state index in [0.717, 1.165) is 60.3 Å². The van der Waals surface area contributed by atoms with Crippen LogP contribution in [-0.4, -0.2) is 13.3 Å². The van der Waals surface area contributed by atoms with Gasteiger partial charge in [0.25, 0.3) is 0 Å². The molecule has 3 rings (SSSR count). The number of hydrogen-bond acceptors (Lipinski definition) is 2. The predicted molar refractivity (Wildman–Crippen MR) is 120 cm³/mol. The van der Waals surface area contributed by atoms with E-state index in [0.29, 0.717) is 16.5 Å². The van der Waals surface area contributed by atoms with Gasteiger partial charge in [-0.15, -0.1) is 0 Å². The van der Waals surface area contributed by atoms with E-state index in [4.69, 9.17) is 23.2 Å². The Kier molecular flexibility index (Phi) is 6.85. The largest absolute Gasteiger partial charge is 0.348 e. The maximum atomic E-state index is 11.3. The number of aryl methyl sites for hydroxylation is 1. The van der Waals surface area contributed by atoms with Crippen LogP contribution in [0.1, 0.15) is 45.1 Å². The summed E-state index contributed by atoms with van der Waals surface area (Å²) in [5, 5.41) is 1.29. The van der Waals surface area contributed by atoms with E-state index in [9.17, 15) is 4.79 Å². The summed E-state index contributed by atoms with van der Waals surface area (Å²) in [6.45, 7) is 4.28. The molecule has 0 spiro atoms. The lowest BCUT2D eigenvalue weighted by Crippen LogP contribution is -2.18. The van der Waals surface area contributed by atoms with Crippen LogP contribution in [0, 0.1) is 5.92 Å². The highest BCUT2D eigenvalue weighted by atomic mass is 35.5. The number of carbonyl (C=O) groups excluding carboxylic acids is 1. The Morgan fingerprint density at radius 3 is 2.61 bits per heavy atom. The first kappa shape index (κ1) is 21.0. The Balaban J connectivity index is 1.91. The molecule has 28 heavy (non-hydrogen) atoms. The van der Waals surface area contributed by atoms with Crippen molar-refractivity contribution >= 4 is 35.2 Å². The van der Waals surface area contributed by atoms with Gasteiger partial charge >= 0.3 is 0 Å². The molecule has 148 valence electrons. The number of halogens is 2. The van der Waals surface area contributed by atoms with E-state index in [1.54, 1.807) is 0 Å². The summed E-state index contributed by atoms with van der Waals surface area (Å²) >= 11 is 13.2. The third-order valence-electron chi connectivity index (χ3n) is 5.90. The van der Waals surface area contributed by atoms with Gasteiger partial charge in [0.05, 0.1) is 5.03 Å². The number of para-hydroxylation sites is 1. The number of fused-ring (bicyclic) bond motifs is 1. The molecule has 0 bridgehead atoms. The topological polar surface area (TPSA) is 20.3 Å².